The number of amides is 1. The largest absolute Gasteiger partial charge is 0.353 e. The summed E-state index contributed by atoms with van der Waals surface area (Å²) in [5, 5.41) is 0. The molecule has 7 nitrogen and oxygen atoms in total. The fraction of sp³-hybridized carbons (Fsp3) is 0.560. The van der Waals surface area contributed by atoms with E-state index in [-0.39, 0.29) is 5.91 Å². The number of carbonyl (C=O) groups is 1. The Kier molecular flexibility index (Phi) is 8.05. The van der Waals surface area contributed by atoms with E-state index in [1.807, 2.05) is 11.8 Å². The average Bonchev–Trinajstić information content (AvgIpc) is 2.81. The van der Waals surface area contributed by atoms with Crippen molar-refractivity contribution in [1.82, 2.24) is 24.7 Å². The molecule has 0 radical (unpaired) electrons. The molecule has 1 aromatic heterocycles. The van der Waals surface area contributed by atoms with Crippen LogP contribution in [0.4, 0.5) is 14.6 Å². The van der Waals surface area contributed by atoms with Gasteiger partial charge in [0.1, 0.15) is 5.82 Å². The summed E-state index contributed by atoms with van der Waals surface area (Å²) in [6, 6.07) is 4.39. The molecule has 2 fully saturated rings. The predicted molar refractivity (Wildman–Crippen MR) is 129 cm³/mol. The van der Waals surface area contributed by atoms with Crippen molar-refractivity contribution in [3.63, 3.8) is 0 Å². The molecule has 1 aliphatic carbocycles. The molecule has 184 valence electrons. The van der Waals surface area contributed by atoms with Gasteiger partial charge in [-0.15, -0.1) is 0 Å². The molecule has 0 unspecified atom stereocenters. The highest BCUT2D eigenvalue weighted by molar-refractivity contribution is 5.78. The van der Waals surface area contributed by atoms with Crippen LogP contribution in [0.25, 0.3) is 11.3 Å². The molecular formula is C25H34F2N6O. The molecule has 1 amide bonds. The van der Waals surface area contributed by atoms with Crippen LogP contribution in [0.2, 0.25) is 0 Å². The van der Waals surface area contributed by atoms with Gasteiger partial charge in [-0.05, 0) is 45.0 Å². The van der Waals surface area contributed by atoms with E-state index in [4.69, 9.17) is 0 Å². The molecule has 0 spiro atoms. The summed E-state index contributed by atoms with van der Waals surface area (Å²) in [5.41, 5.74) is 0.982. The van der Waals surface area contributed by atoms with Crippen molar-refractivity contribution in [2.45, 2.75) is 32.2 Å². The lowest BCUT2D eigenvalue weighted by Gasteiger charge is -2.37. The van der Waals surface area contributed by atoms with E-state index in [0.29, 0.717) is 23.8 Å². The second kappa shape index (κ2) is 11.2. The molecule has 34 heavy (non-hydrogen) atoms. The lowest BCUT2D eigenvalue weighted by molar-refractivity contribution is -0.132. The molecule has 0 N–H and O–H groups in total. The van der Waals surface area contributed by atoms with Gasteiger partial charge in [0.05, 0.1) is 24.6 Å². The normalized spacial score (nSPS) is 17.1. The number of aromatic nitrogens is 2. The topological polar surface area (TPSA) is 55.8 Å². The third-order valence-corrected chi connectivity index (χ3v) is 7.06. The van der Waals surface area contributed by atoms with Crippen LogP contribution in [0.1, 0.15) is 26.2 Å². The molecule has 1 saturated carbocycles. The van der Waals surface area contributed by atoms with Crippen LogP contribution in [0.5, 0.6) is 0 Å². The molecule has 4 rings (SSSR count). The van der Waals surface area contributed by atoms with Crippen molar-refractivity contribution in [3.05, 3.63) is 42.2 Å². The van der Waals surface area contributed by atoms with Gasteiger partial charge in [-0.1, -0.05) is 6.42 Å². The van der Waals surface area contributed by atoms with Crippen LogP contribution >= 0.6 is 0 Å². The Labute approximate surface area is 200 Å². The van der Waals surface area contributed by atoms with E-state index < -0.39 is 11.6 Å². The van der Waals surface area contributed by atoms with Crippen molar-refractivity contribution >= 4 is 11.7 Å². The Balaban J connectivity index is 1.24. The summed E-state index contributed by atoms with van der Waals surface area (Å²) in [6.45, 7) is 7.98. The Morgan fingerprint density at radius 1 is 1.06 bits per heavy atom. The van der Waals surface area contributed by atoms with Crippen LogP contribution in [0.3, 0.4) is 0 Å². The number of hydrogen-bond acceptors (Lipinski definition) is 6. The summed E-state index contributed by atoms with van der Waals surface area (Å²) in [4.78, 5) is 30.4. The molecule has 2 heterocycles. The summed E-state index contributed by atoms with van der Waals surface area (Å²) < 4.78 is 26.7. The van der Waals surface area contributed by atoms with Crippen LogP contribution < -0.4 is 4.90 Å². The first-order valence-corrected chi connectivity index (χ1v) is 12.2. The number of nitrogens with zero attached hydrogens (tertiary/aromatic N) is 6. The molecule has 9 heteroatoms. The zero-order valence-electron chi connectivity index (χ0n) is 20.1. The molecule has 0 bridgehead atoms. The van der Waals surface area contributed by atoms with Gasteiger partial charge < -0.3 is 14.7 Å². The predicted octanol–water partition coefficient (Wildman–Crippen LogP) is 2.88. The maximum absolute atomic E-state index is 13.5. The van der Waals surface area contributed by atoms with Crippen LogP contribution in [-0.4, -0.2) is 96.0 Å². The van der Waals surface area contributed by atoms with Gasteiger partial charge in [0.2, 0.25) is 5.91 Å². The minimum Gasteiger partial charge on any atom is -0.353 e. The first kappa shape index (κ1) is 24.5. The molecule has 2 aromatic rings. The lowest BCUT2D eigenvalue weighted by atomic mass is 9.92. The van der Waals surface area contributed by atoms with Crippen molar-refractivity contribution in [2.24, 2.45) is 0 Å². The molecule has 1 aromatic carbocycles. The monoisotopic (exact) mass is 472 g/mol. The Hall–Kier alpha value is -2.65. The number of likely N-dealkylation sites (N-methyl/N-ethyl adjacent to an activating group) is 2. The second-order valence-electron chi connectivity index (χ2n) is 9.19. The van der Waals surface area contributed by atoms with Gasteiger partial charge in [-0.3, -0.25) is 14.7 Å². The Bertz CT molecular complexity index is 960. The molecule has 0 atom stereocenters. The van der Waals surface area contributed by atoms with Gasteiger partial charge >= 0.3 is 0 Å². The fourth-order valence-electron chi connectivity index (χ4n) is 4.46. The van der Waals surface area contributed by atoms with Crippen LogP contribution in [0.15, 0.2) is 30.6 Å². The minimum absolute atomic E-state index is 0.189. The first-order chi connectivity index (χ1) is 16.4. The lowest BCUT2D eigenvalue weighted by Crippen LogP contribution is -2.51. The zero-order valence-corrected chi connectivity index (χ0v) is 20.1. The Morgan fingerprint density at radius 2 is 1.82 bits per heavy atom. The summed E-state index contributed by atoms with van der Waals surface area (Å²) in [7, 11) is 2.16. The first-order valence-electron chi connectivity index (χ1n) is 12.2. The molecule has 1 aliphatic heterocycles. The minimum atomic E-state index is -0.902. The van der Waals surface area contributed by atoms with Gasteiger partial charge in [-0.2, -0.15) is 0 Å². The highest BCUT2D eigenvalue weighted by Gasteiger charge is 2.24. The summed E-state index contributed by atoms with van der Waals surface area (Å²) in [6.07, 6.45) is 7.12. The molecular weight excluding hydrogens is 438 g/mol. The average molecular weight is 473 g/mol. The van der Waals surface area contributed by atoms with E-state index in [2.05, 4.69) is 31.7 Å². The van der Waals surface area contributed by atoms with E-state index in [0.717, 1.165) is 63.8 Å². The number of hydrogen-bond donors (Lipinski definition) is 0. The number of rotatable bonds is 9. The third kappa shape index (κ3) is 5.88. The quantitative estimate of drug-likeness (QED) is 0.560. The van der Waals surface area contributed by atoms with E-state index in [9.17, 15) is 13.6 Å². The van der Waals surface area contributed by atoms with Gasteiger partial charge in [0.15, 0.2) is 11.6 Å². The third-order valence-electron chi connectivity index (χ3n) is 7.06. The highest BCUT2D eigenvalue weighted by atomic mass is 19.2. The standard InChI is InChI=1S/C25H34F2N6O/c1-3-32(12-9-30(2)20-5-4-6-20)25(34)18-31-10-13-33(14-11-31)24-17-28-23(16-29-24)19-7-8-21(26)22(27)15-19/h7-8,15-17,20H,3-6,9-14,18H2,1-2H3. The number of benzene rings is 1. The number of halogens is 2. The van der Waals surface area contributed by atoms with Crippen molar-refractivity contribution in [2.75, 3.05) is 64.3 Å². The number of anilines is 1. The summed E-state index contributed by atoms with van der Waals surface area (Å²) >= 11 is 0. The molecule has 2 aliphatic rings. The van der Waals surface area contributed by atoms with Gasteiger partial charge in [0.25, 0.3) is 0 Å². The maximum atomic E-state index is 13.5. The van der Waals surface area contributed by atoms with E-state index >= 15 is 0 Å². The summed E-state index contributed by atoms with van der Waals surface area (Å²) in [5.74, 6) is -0.853. The highest BCUT2D eigenvalue weighted by Crippen LogP contribution is 2.23. The zero-order chi connectivity index (χ0) is 24.1. The van der Waals surface area contributed by atoms with Crippen molar-refractivity contribution in [1.29, 1.82) is 0 Å². The second-order valence-corrected chi connectivity index (χ2v) is 9.19. The van der Waals surface area contributed by atoms with E-state index in [1.54, 1.807) is 12.4 Å². The van der Waals surface area contributed by atoms with Gasteiger partial charge in [-0.25, -0.2) is 13.8 Å². The van der Waals surface area contributed by atoms with Crippen LogP contribution in [-0.2, 0) is 4.79 Å². The Morgan fingerprint density at radius 3 is 2.41 bits per heavy atom. The number of carbonyl (C=O) groups excluding carboxylic acids is 1. The smallest absolute Gasteiger partial charge is 0.236 e. The molecule has 1 saturated heterocycles. The van der Waals surface area contributed by atoms with Crippen molar-refractivity contribution in [3.8, 4) is 11.3 Å². The van der Waals surface area contributed by atoms with Gasteiger partial charge in [0, 0.05) is 57.4 Å². The maximum Gasteiger partial charge on any atom is 0.236 e. The van der Waals surface area contributed by atoms with Crippen molar-refractivity contribution < 1.29 is 13.6 Å². The number of piperazine rings is 1. The fourth-order valence-corrected chi connectivity index (χ4v) is 4.46. The van der Waals surface area contributed by atoms with E-state index in [1.165, 1.54) is 25.3 Å². The van der Waals surface area contributed by atoms with Crippen LogP contribution in [0, 0.1) is 11.6 Å². The SMILES string of the molecule is CCN(CCN(C)C1CCC1)C(=O)CN1CCN(c2cnc(-c3ccc(F)c(F)c3)cn2)CC1.